The summed E-state index contributed by atoms with van der Waals surface area (Å²) in [5.74, 6) is -0.581. The lowest BCUT2D eigenvalue weighted by molar-refractivity contribution is -0.125. The predicted molar refractivity (Wildman–Crippen MR) is 67.8 cm³/mol. The van der Waals surface area contributed by atoms with E-state index in [1.807, 2.05) is 31.2 Å². The first-order valence-corrected chi connectivity index (χ1v) is 5.75. The molecule has 0 aliphatic rings. The molecule has 0 spiro atoms. The summed E-state index contributed by atoms with van der Waals surface area (Å²) in [7, 11) is 0. The third kappa shape index (κ3) is 4.55. The van der Waals surface area contributed by atoms with Crippen molar-refractivity contribution in [3.63, 3.8) is 0 Å². The second-order valence-electron chi connectivity index (χ2n) is 4.09. The number of amides is 2. The highest BCUT2D eigenvalue weighted by Crippen LogP contribution is 2.15. The van der Waals surface area contributed by atoms with Crippen LogP contribution in [0.2, 0.25) is 0 Å². The van der Waals surface area contributed by atoms with E-state index in [1.165, 1.54) is 6.92 Å². The van der Waals surface area contributed by atoms with Crippen LogP contribution in [0.1, 0.15) is 24.2 Å². The van der Waals surface area contributed by atoms with E-state index in [2.05, 4.69) is 10.6 Å². The largest absolute Gasteiger partial charge is 0.387 e. The molecule has 3 N–H and O–H groups in total. The van der Waals surface area contributed by atoms with Gasteiger partial charge < -0.3 is 15.7 Å². The lowest BCUT2D eigenvalue weighted by atomic mass is 10.0. The van der Waals surface area contributed by atoms with E-state index in [0.29, 0.717) is 0 Å². The topological polar surface area (TPSA) is 78.4 Å². The van der Waals surface area contributed by atoms with Crippen LogP contribution in [0.25, 0.3) is 0 Å². The van der Waals surface area contributed by atoms with Crippen molar-refractivity contribution < 1.29 is 14.7 Å². The lowest BCUT2D eigenvalue weighted by Gasteiger charge is -2.14. The second kappa shape index (κ2) is 6.76. The van der Waals surface area contributed by atoms with E-state index in [1.54, 1.807) is 0 Å². The number of carbonyl (C=O) groups is 2. The van der Waals surface area contributed by atoms with Crippen LogP contribution in [0.3, 0.4) is 0 Å². The van der Waals surface area contributed by atoms with Gasteiger partial charge in [0, 0.05) is 13.5 Å². The van der Waals surface area contributed by atoms with Gasteiger partial charge in [-0.15, -0.1) is 0 Å². The zero-order valence-corrected chi connectivity index (χ0v) is 10.6. The minimum atomic E-state index is -0.743. The Morgan fingerprint density at radius 1 is 1.28 bits per heavy atom. The fraction of sp³-hybridized carbons (Fsp3) is 0.385. The minimum absolute atomic E-state index is 0.0736. The SMILES string of the molecule is CC(=O)NCC(=O)NCC(O)c1ccccc1C. The molecular weight excluding hydrogens is 232 g/mol. The predicted octanol–water partition coefficient (Wildman–Crippen LogP) is 0.281. The Morgan fingerprint density at radius 3 is 2.56 bits per heavy atom. The highest BCUT2D eigenvalue weighted by Gasteiger charge is 2.11. The maximum Gasteiger partial charge on any atom is 0.239 e. The summed E-state index contributed by atoms with van der Waals surface area (Å²) >= 11 is 0. The van der Waals surface area contributed by atoms with Crippen molar-refractivity contribution in [2.24, 2.45) is 0 Å². The Kier molecular flexibility index (Phi) is 5.32. The number of benzene rings is 1. The molecule has 0 aliphatic carbocycles. The monoisotopic (exact) mass is 250 g/mol. The molecule has 5 nitrogen and oxygen atoms in total. The fourth-order valence-electron chi connectivity index (χ4n) is 1.55. The van der Waals surface area contributed by atoms with Crippen molar-refractivity contribution >= 4 is 11.8 Å². The number of aliphatic hydroxyl groups excluding tert-OH is 1. The van der Waals surface area contributed by atoms with E-state index in [-0.39, 0.29) is 24.9 Å². The maximum absolute atomic E-state index is 11.3. The van der Waals surface area contributed by atoms with Crippen molar-refractivity contribution in [3.05, 3.63) is 35.4 Å². The number of hydrogen-bond acceptors (Lipinski definition) is 3. The molecule has 1 unspecified atom stereocenters. The van der Waals surface area contributed by atoms with Gasteiger partial charge in [0.25, 0.3) is 0 Å². The van der Waals surface area contributed by atoms with Crippen LogP contribution in [0.5, 0.6) is 0 Å². The quantitative estimate of drug-likeness (QED) is 0.702. The molecule has 5 heteroatoms. The molecule has 2 amide bonds. The summed E-state index contributed by atoms with van der Waals surface area (Å²) in [4.78, 5) is 21.9. The molecule has 18 heavy (non-hydrogen) atoms. The normalized spacial score (nSPS) is 11.7. The van der Waals surface area contributed by atoms with Gasteiger partial charge in [0.15, 0.2) is 0 Å². The van der Waals surface area contributed by atoms with Gasteiger partial charge in [-0.05, 0) is 18.1 Å². The van der Waals surface area contributed by atoms with Gasteiger partial charge in [-0.2, -0.15) is 0 Å². The number of nitrogens with one attached hydrogen (secondary N) is 2. The zero-order chi connectivity index (χ0) is 13.5. The Labute approximate surface area is 106 Å². The molecule has 0 radical (unpaired) electrons. The standard InChI is InChI=1S/C13H18N2O3/c1-9-5-3-4-6-11(9)12(17)7-15-13(18)8-14-10(2)16/h3-6,12,17H,7-8H2,1-2H3,(H,14,16)(H,15,18). The van der Waals surface area contributed by atoms with Gasteiger partial charge in [-0.3, -0.25) is 9.59 Å². The third-order valence-electron chi connectivity index (χ3n) is 2.54. The summed E-state index contributed by atoms with van der Waals surface area (Å²) in [5, 5.41) is 14.9. The maximum atomic E-state index is 11.3. The molecule has 0 bridgehead atoms. The summed E-state index contributed by atoms with van der Waals surface area (Å²) in [6.45, 7) is 3.30. The average Bonchev–Trinajstić information content (AvgIpc) is 2.34. The van der Waals surface area contributed by atoms with Crippen molar-refractivity contribution in [2.45, 2.75) is 20.0 Å². The van der Waals surface area contributed by atoms with Gasteiger partial charge in [-0.1, -0.05) is 24.3 Å². The first-order valence-electron chi connectivity index (χ1n) is 5.75. The molecule has 0 saturated heterocycles. The van der Waals surface area contributed by atoms with Crippen LogP contribution in [-0.4, -0.2) is 30.0 Å². The molecule has 0 fully saturated rings. The molecule has 0 heterocycles. The molecule has 0 aliphatic heterocycles. The van der Waals surface area contributed by atoms with E-state index in [4.69, 9.17) is 0 Å². The van der Waals surface area contributed by atoms with Crippen molar-refractivity contribution in [2.75, 3.05) is 13.1 Å². The van der Waals surface area contributed by atoms with Crippen LogP contribution >= 0.6 is 0 Å². The van der Waals surface area contributed by atoms with Crippen LogP contribution in [-0.2, 0) is 9.59 Å². The highest BCUT2D eigenvalue weighted by atomic mass is 16.3. The fourth-order valence-corrected chi connectivity index (χ4v) is 1.55. The molecule has 1 atom stereocenters. The number of carbonyl (C=O) groups excluding carboxylic acids is 2. The molecule has 0 aromatic heterocycles. The van der Waals surface area contributed by atoms with Crippen LogP contribution in [0.15, 0.2) is 24.3 Å². The van der Waals surface area contributed by atoms with E-state index in [9.17, 15) is 14.7 Å². The third-order valence-corrected chi connectivity index (χ3v) is 2.54. The zero-order valence-electron chi connectivity index (χ0n) is 10.6. The summed E-state index contributed by atoms with van der Waals surface area (Å²) in [6, 6.07) is 7.45. The van der Waals surface area contributed by atoms with Crippen molar-refractivity contribution in [3.8, 4) is 0 Å². The smallest absolute Gasteiger partial charge is 0.239 e. The van der Waals surface area contributed by atoms with Crippen molar-refractivity contribution in [1.29, 1.82) is 0 Å². The number of hydrogen-bond donors (Lipinski definition) is 3. The second-order valence-corrected chi connectivity index (χ2v) is 4.09. The average molecular weight is 250 g/mol. The first-order chi connectivity index (χ1) is 8.50. The Bertz CT molecular complexity index is 432. The first kappa shape index (κ1) is 14.2. The van der Waals surface area contributed by atoms with E-state index in [0.717, 1.165) is 11.1 Å². The van der Waals surface area contributed by atoms with Crippen LogP contribution in [0, 0.1) is 6.92 Å². The molecule has 1 rings (SSSR count). The van der Waals surface area contributed by atoms with Gasteiger partial charge >= 0.3 is 0 Å². The molecule has 1 aromatic carbocycles. The lowest BCUT2D eigenvalue weighted by Crippen LogP contribution is -2.37. The van der Waals surface area contributed by atoms with Crippen LogP contribution < -0.4 is 10.6 Å². The molecule has 1 aromatic rings. The van der Waals surface area contributed by atoms with Gasteiger partial charge in [0.2, 0.25) is 11.8 Å². The van der Waals surface area contributed by atoms with Gasteiger partial charge in [0.05, 0.1) is 12.6 Å². The highest BCUT2D eigenvalue weighted by molar-refractivity contribution is 5.83. The minimum Gasteiger partial charge on any atom is -0.387 e. The van der Waals surface area contributed by atoms with Crippen LogP contribution in [0.4, 0.5) is 0 Å². The van der Waals surface area contributed by atoms with Gasteiger partial charge in [0.1, 0.15) is 0 Å². The van der Waals surface area contributed by atoms with E-state index >= 15 is 0 Å². The summed E-state index contributed by atoms with van der Waals surface area (Å²) in [5.41, 5.74) is 1.76. The van der Waals surface area contributed by atoms with E-state index < -0.39 is 6.10 Å². The molecule has 0 saturated carbocycles. The number of aliphatic hydroxyl groups is 1. The number of aryl methyl sites for hydroxylation is 1. The van der Waals surface area contributed by atoms with Crippen molar-refractivity contribution in [1.82, 2.24) is 10.6 Å². The Balaban J connectivity index is 2.42. The Morgan fingerprint density at radius 2 is 1.94 bits per heavy atom. The summed E-state index contributed by atoms with van der Waals surface area (Å²) < 4.78 is 0. The molecule has 98 valence electrons. The number of rotatable bonds is 5. The molecular formula is C13H18N2O3. The Hall–Kier alpha value is -1.88. The summed E-state index contributed by atoms with van der Waals surface area (Å²) in [6.07, 6.45) is -0.743. The van der Waals surface area contributed by atoms with Gasteiger partial charge in [-0.25, -0.2) is 0 Å².